The van der Waals surface area contributed by atoms with Crippen LogP contribution in [0.3, 0.4) is 0 Å². The summed E-state index contributed by atoms with van der Waals surface area (Å²) < 4.78 is 5.49. The minimum Gasteiger partial charge on any atom is -0.426 e. The first-order valence-electron chi connectivity index (χ1n) is 11.1. The van der Waals surface area contributed by atoms with Gasteiger partial charge in [0.05, 0.1) is 22.7 Å². The molecule has 1 fully saturated rings. The van der Waals surface area contributed by atoms with Gasteiger partial charge in [0.1, 0.15) is 5.75 Å². The largest absolute Gasteiger partial charge is 0.426 e. The molecule has 2 aliphatic heterocycles. The molecule has 0 aliphatic carbocycles. The van der Waals surface area contributed by atoms with Crippen molar-refractivity contribution in [2.24, 2.45) is 5.92 Å². The smallest absolute Gasteiger partial charge is 0.316 e. The fraction of sp³-hybridized carbons (Fsp3) is 0.185. The predicted molar refractivity (Wildman–Crippen MR) is 126 cm³/mol. The zero-order valence-electron chi connectivity index (χ0n) is 18.6. The molecule has 0 bridgehead atoms. The molecule has 0 N–H and O–H groups in total. The number of benzene rings is 3. The van der Waals surface area contributed by atoms with Crippen LogP contribution >= 0.6 is 0 Å². The van der Waals surface area contributed by atoms with E-state index in [9.17, 15) is 19.2 Å². The lowest BCUT2D eigenvalue weighted by molar-refractivity contribution is -0.139. The number of amides is 3. The molecule has 0 saturated carbocycles. The van der Waals surface area contributed by atoms with Gasteiger partial charge in [-0.15, -0.1) is 0 Å². The van der Waals surface area contributed by atoms with Crippen LogP contribution in [0.2, 0.25) is 0 Å². The van der Waals surface area contributed by atoms with E-state index in [4.69, 9.17) is 4.74 Å². The molecule has 170 valence electrons. The number of rotatable bonds is 5. The third-order valence-electron chi connectivity index (χ3n) is 6.22. The molecule has 0 spiro atoms. The third-order valence-corrected chi connectivity index (χ3v) is 6.22. The molecular formula is C27H22N2O5. The molecule has 1 atom stereocenters. The van der Waals surface area contributed by atoms with Crippen LogP contribution in [0.25, 0.3) is 0 Å². The van der Waals surface area contributed by atoms with Gasteiger partial charge in [-0.2, -0.15) is 0 Å². The van der Waals surface area contributed by atoms with Crippen molar-refractivity contribution >= 4 is 35.1 Å². The minimum atomic E-state index is -0.575. The number of esters is 1. The highest BCUT2D eigenvalue weighted by molar-refractivity contribution is 6.34. The Morgan fingerprint density at radius 1 is 0.853 bits per heavy atom. The summed E-state index contributed by atoms with van der Waals surface area (Å²) in [6.45, 7) is 2.32. The SMILES string of the molecule is CCc1ccc(N2C[C@@H](C(=O)Oc3ccc(N4C(=O)c5ccccc5C4=O)cc3)CC2=O)cc1. The molecular weight excluding hydrogens is 432 g/mol. The van der Waals surface area contributed by atoms with Crippen molar-refractivity contribution in [3.63, 3.8) is 0 Å². The number of aryl methyl sites for hydroxylation is 1. The Kier molecular flexibility index (Phi) is 5.45. The van der Waals surface area contributed by atoms with E-state index >= 15 is 0 Å². The molecule has 2 aliphatic rings. The van der Waals surface area contributed by atoms with Gasteiger partial charge in [-0.25, -0.2) is 4.90 Å². The number of ether oxygens (including phenoxy) is 1. The van der Waals surface area contributed by atoms with Crippen LogP contribution in [0.15, 0.2) is 72.8 Å². The standard InChI is InChI=1S/C27H22N2O5/c1-2-17-7-9-19(10-8-17)28-16-18(15-24(28)30)27(33)34-21-13-11-20(12-14-21)29-25(31)22-5-3-4-6-23(22)26(29)32/h3-14,18H,2,15-16H2,1H3/t18-/m0/s1. The Hall–Kier alpha value is -4.26. The van der Waals surface area contributed by atoms with Crippen LogP contribution in [0.4, 0.5) is 11.4 Å². The van der Waals surface area contributed by atoms with Crippen LogP contribution in [0.1, 0.15) is 39.6 Å². The van der Waals surface area contributed by atoms with Crippen molar-refractivity contribution in [1.29, 1.82) is 0 Å². The van der Waals surface area contributed by atoms with E-state index in [1.54, 1.807) is 41.3 Å². The van der Waals surface area contributed by atoms with Crippen molar-refractivity contribution in [2.75, 3.05) is 16.3 Å². The number of hydrogen-bond acceptors (Lipinski definition) is 5. The topological polar surface area (TPSA) is 84.0 Å². The lowest BCUT2D eigenvalue weighted by atomic mass is 10.1. The molecule has 1 saturated heterocycles. The summed E-state index contributed by atoms with van der Waals surface area (Å²) >= 11 is 0. The summed E-state index contributed by atoms with van der Waals surface area (Å²) in [4.78, 5) is 53.2. The molecule has 7 heteroatoms. The van der Waals surface area contributed by atoms with Crippen LogP contribution in [0, 0.1) is 5.92 Å². The monoisotopic (exact) mass is 454 g/mol. The van der Waals surface area contributed by atoms with Crippen molar-refractivity contribution in [3.8, 4) is 5.75 Å². The lowest BCUT2D eigenvalue weighted by Gasteiger charge is -2.17. The van der Waals surface area contributed by atoms with Gasteiger partial charge in [0, 0.05) is 18.7 Å². The quantitative estimate of drug-likeness (QED) is 0.330. The number of carbonyl (C=O) groups excluding carboxylic acids is 4. The van der Waals surface area contributed by atoms with Gasteiger partial charge >= 0.3 is 5.97 Å². The van der Waals surface area contributed by atoms with Gasteiger partial charge < -0.3 is 9.64 Å². The van der Waals surface area contributed by atoms with E-state index in [1.807, 2.05) is 24.3 Å². The molecule has 7 nitrogen and oxygen atoms in total. The highest BCUT2D eigenvalue weighted by Gasteiger charge is 2.37. The fourth-order valence-electron chi connectivity index (χ4n) is 4.31. The molecule has 2 heterocycles. The van der Waals surface area contributed by atoms with Gasteiger partial charge in [0.2, 0.25) is 5.91 Å². The Morgan fingerprint density at radius 2 is 1.44 bits per heavy atom. The Labute approximate surface area is 196 Å². The molecule has 0 radical (unpaired) electrons. The van der Waals surface area contributed by atoms with Crippen LogP contribution < -0.4 is 14.5 Å². The van der Waals surface area contributed by atoms with Gasteiger partial charge in [0.15, 0.2) is 0 Å². The van der Waals surface area contributed by atoms with Gasteiger partial charge in [-0.1, -0.05) is 31.2 Å². The molecule has 0 aromatic heterocycles. The maximum Gasteiger partial charge on any atom is 0.316 e. The highest BCUT2D eigenvalue weighted by Crippen LogP contribution is 2.30. The molecule has 34 heavy (non-hydrogen) atoms. The number of anilines is 2. The first-order valence-corrected chi connectivity index (χ1v) is 11.1. The maximum absolute atomic E-state index is 12.7. The second-order valence-electron chi connectivity index (χ2n) is 8.33. The Morgan fingerprint density at radius 3 is 2.03 bits per heavy atom. The second kappa shape index (κ2) is 8.59. The summed E-state index contributed by atoms with van der Waals surface area (Å²) in [7, 11) is 0. The highest BCUT2D eigenvalue weighted by atomic mass is 16.5. The van der Waals surface area contributed by atoms with Crippen molar-refractivity contribution in [3.05, 3.63) is 89.5 Å². The zero-order chi connectivity index (χ0) is 23.8. The Balaban J connectivity index is 1.25. The second-order valence-corrected chi connectivity index (χ2v) is 8.33. The summed E-state index contributed by atoms with van der Waals surface area (Å²) in [5.74, 6) is -1.68. The number of nitrogens with zero attached hydrogens (tertiary/aromatic N) is 2. The van der Waals surface area contributed by atoms with E-state index in [2.05, 4.69) is 6.92 Å². The minimum absolute atomic E-state index is 0.0848. The fourth-order valence-corrected chi connectivity index (χ4v) is 4.31. The van der Waals surface area contributed by atoms with E-state index in [0.717, 1.165) is 17.0 Å². The summed E-state index contributed by atoms with van der Waals surface area (Å²) in [6.07, 6.45) is 0.996. The number of carbonyl (C=O) groups is 4. The van der Waals surface area contributed by atoms with Crippen LogP contribution in [0.5, 0.6) is 5.75 Å². The maximum atomic E-state index is 12.7. The number of hydrogen-bond donors (Lipinski definition) is 0. The lowest BCUT2D eigenvalue weighted by Crippen LogP contribution is -2.29. The van der Waals surface area contributed by atoms with Gasteiger partial charge in [0.25, 0.3) is 11.8 Å². The van der Waals surface area contributed by atoms with E-state index in [-0.39, 0.29) is 36.4 Å². The first-order chi connectivity index (χ1) is 16.5. The molecule has 5 rings (SSSR count). The summed E-state index contributed by atoms with van der Waals surface area (Å²) in [6, 6.07) is 20.6. The number of fused-ring (bicyclic) bond motifs is 1. The Bertz CT molecular complexity index is 1260. The normalized spacial score (nSPS) is 17.3. The molecule has 3 aromatic rings. The van der Waals surface area contributed by atoms with Crippen molar-refractivity contribution < 1.29 is 23.9 Å². The summed E-state index contributed by atoms with van der Waals surface area (Å²) in [5.41, 5.74) is 3.06. The van der Waals surface area contributed by atoms with E-state index in [1.165, 1.54) is 17.7 Å². The van der Waals surface area contributed by atoms with E-state index in [0.29, 0.717) is 16.8 Å². The van der Waals surface area contributed by atoms with Crippen LogP contribution in [-0.2, 0) is 16.0 Å². The summed E-state index contributed by atoms with van der Waals surface area (Å²) in [5, 5.41) is 0. The predicted octanol–water partition coefficient (Wildman–Crippen LogP) is 4.01. The van der Waals surface area contributed by atoms with Crippen molar-refractivity contribution in [1.82, 2.24) is 0 Å². The van der Waals surface area contributed by atoms with Gasteiger partial charge in [-0.05, 0) is 60.5 Å². The average molecular weight is 454 g/mol. The average Bonchev–Trinajstić information content (AvgIpc) is 3.37. The molecule has 3 aromatic carbocycles. The third kappa shape index (κ3) is 3.75. The van der Waals surface area contributed by atoms with Crippen molar-refractivity contribution in [2.45, 2.75) is 19.8 Å². The molecule has 0 unspecified atom stereocenters. The molecule has 3 amide bonds. The van der Waals surface area contributed by atoms with Crippen LogP contribution in [-0.4, -0.2) is 30.2 Å². The number of imide groups is 1. The zero-order valence-corrected chi connectivity index (χ0v) is 18.6. The van der Waals surface area contributed by atoms with E-state index < -0.39 is 11.9 Å². The first kappa shape index (κ1) is 21.6. The van der Waals surface area contributed by atoms with Gasteiger partial charge in [-0.3, -0.25) is 19.2 Å².